The van der Waals surface area contributed by atoms with Crippen molar-refractivity contribution in [3.05, 3.63) is 29.8 Å². The number of carbonyl (C=O) groups is 2. The van der Waals surface area contributed by atoms with Crippen LogP contribution in [0.4, 0.5) is 0 Å². The van der Waals surface area contributed by atoms with Crippen LogP contribution in [0.15, 0.2) is 24.3 Å². The third kappa shape index (κ3) is 4.21. The van der Waals surface area contributed by atoms with Crippen LogP contribution in [0, 0.1) is 0 Å². The van der Waals surface area contributed by atoms with Crippen molar-refractivity contribution in [2.45, 2.75) is 37.6 Å². The molecule has 5 N–H and O–H groups in total. The third-order valence-electron chi connectivity index (χ3n) is 4.07. The maximum Gasteiger partial charge on any atom is 0.248 e. The number of hydrogen-bond donors (Lipinski definition) is 3. The first-order valence-electron chi connectivity index (χ1n) is 7.58. The Morgan fingerprint density at radius 2 is 2.00 bits per heavy atom. The summed E-state index contributed by atoms with van der Waals surface area (Å²) in [5.74, 6) is -0.0359. The quantitative estimate of drug-likeness (QED) is 0.696. The summed E-state index contributed by atoms with van der Waals surface area (Å²) < 4.78 is 5.50. The number of carbonyl (C=O) groups excluding carboxylic acids is 2. The zero-order valence-corrected chi connectivity index (χ0v) is 12.6. The number of rotatable bonds is 7. The van der Waals surface area contributed by atoms with Gasteiger partial charge in [-0.1, -0.05) is 18.9 Å². The van der Waals surface area contributed by atoms with E-state index >= 15 is 0 Å². The Balaban J connectivity index is 1.79. The highest BCUT2D eigenvalue weighted by molar-refractivity contribution is 5.93. The minimum Gasteiger partial charge on any atom is -0.493 e. The van der Waals surface area contributed by atoms with E-state index in [0.29, 0.717) is 17.9 Å². The summed E-state index contributed by atoms with van der Waals surface area (Å²) in [5, 5.41) is 3.04. The lowest BCUT2D eigenvalue weighted by Gasteiger charge is -2.28. The van der Waals surface area contributed by atoms with Gasteiger partial charge in [0.2, 0.25) is 11.8 Å². The van der Waals surface area contributed by atoms with Gasteiger partial charge in [0.15, 0.2) is 0 Å². The Hall–Kier alpha value is -2.08. The van der Waals surface area contributed by atoms with Crippen molar-refractivity contribution >= 4 is 11.8 Å². The molecule has 0 radical (unpaired) electrons. The van der Waals surface area contributed by atoms with Crippen LogP contribution in [-0.2, 0) is 4.79 Å². The van der Waals surface area contributed by atoms with E-state index in [-0.39, 0.29) is 24.5 Å². The molecule has 0 spiro atoms. The van der Waals surface area contributed by atoms with Crippen molar-refractivity contribution in [3.63, 3.8) is 0 Å². The van der Waals surface area contributed by atoms with Crippen LogP contribution < -0.4 is 21.5 Å². The minimum absolute atomic E-state index is 0.0570. The highest BCUT2D eigenvalue weighted by Crippen LogP contribution is 2.28. The van der Waals surface area contributed by atoms with Crippen molar-refractivity contribution < 1.29 is 14.3 Å². The Morgan fingerprint density at radius 3 is 2.64 bits per heavy atom. The highest BCUT2D eigenvalue weighted by atomic mass is 16.5. The van der Waals surface area contributed by atoms with Crippen molar-refractivity contribution in [1.29, 1.82) is 0 Å². The number of amides is 2. The van der Waals surface area contributed by atoms with Gasteiger partial charge in [0.1, 0.15) is 5.75 Å². The number of benzene rings is 1. The number of ether oxygens (including phenoxy) is 1. The van der Waals surface area contributed by atoms with Gasteiger partial charge in [-0.05, 0) is 31.0 Å². The number of nitrogens with one attached hydrogen (secondary N) is 1. The number of hydrogen-bond acceptors (Lipinski definition) is 4. The SMILES string of the molecule is NCC1(NC(=O)CCOc2cccc(C(N)=O)c2)CCCC1. The third-order valence-corrected chi connectivity index (χ3v) is 4.07. The van der Waals surface area contributed by atoms with Gasteiger partial charge in [0.25, 0.3) is 0 Å². The Bertz CT molecular complexity index is 539. The first-order valence-corrected chi connectivity index (χ1v) is 7.58. The molecular weight excluding hydrogens is 282 g/mol. The number of nitrogens with two attached hydrogens (primary N) is 2. The molecule has 22 heavy (non-hydrogen) atoms. The molecule has 6 nitrogen and oxygen atoms in total. The average molecular weight is 305 g/mol. The van der Waals surface area contributed by atoms with Crippen molar-refractivity contribution in [1.82, 2.24) is 5.32 Å². The monoisotopic (exact) mass is 305 g/mol. The molecule has 1 aromatic carbocycles. The lowest BCUT2D eigenvalue weighted by Crippen LogP contribution is -2.51. The first-order chi connectivity index (χ1) is 10.5. The Kier molecular flexibility index (Phi) is 5.38. The van der Waals surface area contributed by atoms with E-state index in [1.807, 2.05) is 0 Å². The second kappa shape index (κ2) is 7.26. The van der Waals surface area contributed by atoms with Crippen LogP contribution in [0.25, 0.3) is 0 Å². The second-order valence-corrected chi connectivity index (χ2v) is 5.73. The highest BCUT2D eigenvalue weighted by Gasteiger charge is 2.33. The summed E-state index contributed by atoms with van der Waals surface area (Å²) in [6.45, 7) is 0.717. The number of primary amides is 1. The standard InChI is InChI=1S/C16H23N3O3/c17-11-16(7-1-2-8-16)19-14(20)6-9-22-13-5-3-4-12(10-13)15(18)21/h3-5,10H,1-2,6-9,11,17H2,(H2,18,21)(H,19,20). The molecule has 120 valence electrons. The van der Waals surface area contributed by atoms with Gasteiger partial charge in [0, 0.05) is 12.1 Å². The van der Waals surface area contributed by atoms with Crippen LogP contribution in [0.2, 0.25) is 0 Å². The van der Waals surface area contributed by atoms with Gasteiger partial charge in [-0.2, -0.15) is 0 Å². The maximum absolute atomic E-state index is 12.0. The molecule has 0 heterocycles. The van der Waals surface area contributed by atoms with Crippen LogP contribution in [0.5, 0.6) is 5.75 Å². The molecule has 2 amide bonds. The molecule has 0 atom stereocenters. The van der Waals surface area contributed by atoms with Gasteiger partial charge in [-0.3, -0.25) is 9.59 Å². The fourth-order valence-corrected chi connectivity index (χ4v) is 2.79. The largest absolute Gasteiger partial charge is 0.493 e. The molecule has 1 aromatic rings. The molecule has 1 fully saturated rings. The van der Waals surface area contributed by atoms with Crippen LogP contribution >= 0.6 is 0 Å². The van der Waals surface area contributed by atoms with E-state index in [1.54, 1.807) is 24.3 Å². The van der Waals surface area contributed by atoms with E-state index in [4.69, 9.17) is 16.2 Å². The van der Waals surface area contributed by atoms with Crippen LogP contribution in [0.3, 0.4) is 0 Å². The molecule has 1 saturated carbocycles. The fourth-order valence-electron chi connectivity index (χ4n) is 2.79. The molecule has 0 saturated heterocycles. The molecule has 1 aliphatic carbocycles. The van der Waals surface area contributed by atoms with Gasteiger partial charge < -0.3 is 21.5 Å². The van der Waals surface area contributed by atoms with E-state index < -0.39 is 5.91 Å². The first kappa shape index (κ1) is 16.3. The summed E-state index contributed by atoms with van der Waals surface area (Å²) in [6.07, 6.45) is 4.35. The summed E-state index contributed by atoms with van der Waals surface area (Å²) in [7, 11) is 0. The second-order valence-electron chi connectivity index (χ2n) is 5.73. The predicted molar refractivity (Wildman–Crippen MR) is 83.5 cm³/mol. The van der Waals surface area contributed by atoms with E-state index in [9.17, 15) is 9.59 Å². The van der Waals surface area contributed by atoms with Crippen molar-refractivity contribution in [3.8, 4) is 5.75 Å². The van der Waals surface area contributed by atoms with Gasteiger partial charge in [0.05, 0.1) is 18.6 Å². The summed E-state index contributed by atoms with van der Waals surface area (Å²) >= 11 is 0. The van der Waals surface area contributed by atoms with E-state index in [2.05, 4.69) is 5.32 Å². The smallest absolute Gasteiger partial charge is 0.248 e. The molecule has 0 aliphatic heterocycles. The normalized spacial score (nSPS) is 16.2. The molecule has 6 heteroatoms. The molecule has 0 aromatic heterocycles. The molecule has 2 rings (SSSR count). The molecule has 1 aliphatic rings. The topological polar surface area (TPSA) is 107 Å². The van der Waals surface area contributed by atoms with E-state index in [1.165, 1.54) is 0 Å². The van der Waals surface area contributed by atoms with Gasteiger partial charge >= 0.3 is 0 Å². The predicted octanol–water partition coefficient (Wildman–Crippen LogP) is 0.942. The summed E-state index contributed by atoms with van der Waals surface area (Å²) in [5.41, 5.74) is 11.2. The lowest BCUT2D eigenvalue weighted by molar-refractivity contribution is -0.123. The average Bonchev–Trinajstić information content (AvgIpc) is 2.96. The molecule has 0 unspecified atom stereocenters. The van der Waals surface area contributed by atoms with Crippen molar-refractivity contribution in [2.24, 2.45) is 11.5 Å². The van der Waals surface area contributed by atoms with E-state index in [0.717, 1.165) is 25.7 Å². The zero-order valence-electron chi connectivity index (χ0n) is 12.6. The van der Waals surface area contributed by atoms with Crippen molar-refractivity contribution in [2.75, 3.05) is 13.2 Å². The van der Waals surface area contributed by atoms with Gasteiger partial charge in [-0.15, -0.1) is 0 Å². The Labute approximate surface area is 130 Å². The van der Waals surface area contributed by atoms with Gasteiger partial charge in [-0.25, -0.2) is 0 Å². The molecular formula is C16H23N3O3. The fraction of sp³-hybridized carbons (Fsp3) is 0.500. The maximum atomic E-state index is 12.0. The molecule has 0 bridgehead atoms. The van der Waals surface area contributed by atoms with Crippen LogP contribution in [-0.4, -0.2) is 30.5 Å². The Morgan fingerprint density at radius 1 is 1.27 bits per heavy atom. The minimum atomic E-state index is -0.505. The zero-order chi connectivity index (χ0) is 16.0. The summed E-state index contributed by atoms with van der Waals surface area (Å²) in [6, 6.07) is 6.60. The van der Waals surface area contributed by atoms with Crippen LogP contribution in [0.1, 0.15) is 42.5 Å². The summed E-state index contributed by atoms with van der Waals surface area (Å²) in [4.78, 5) is 23.1. The lowest BCUT2D eigenvalue weighted by atomic mass is 9.98.